The molecule has 1 fully saturated rings. The Kier molecular flexibility index (Phi) is 3.47. The molecular weight excluding hydrogens is 218 g/mol. The van der Waals surface area contributed by atoms with E-state index in [4.69, 9.17) is 4.52 Å². The number of nitrogens with one attached hydrogen (secondary N) is 2. The van der Waals surface area contributed by atoms with Crippen molar-refractivity contribution in [2.45, 2.75) is 45.7 Å². The van der Waals surface area contributed by atoms with Gasteiger partial charge in [-0.3, -0.25) is 4.79 Å². The summed E-state index contributed by atoms with van der Waals surface area (Å²) in [6, 6.07) is 0.700. The number of aromatic nitrogens is 1. The van der Waals surface area contributed by atoms with Crippen LogP contribution >= 0.6 is 0 Å². The van der Waals surface area contributed by atoms with Crippen LogP contribution in [0.1, 0.15) is 41.6 Å². The molecule has 1 aliphatic rings. The molecule has 2 unspecified atom stereocenters. The Morgan fingerprint density at radius 1 is 1.53 bits per heavy atom. The number of rotatable bonds is 2. The Morgan fingerprint density at radius 3 is 2.88 bits per heavy atom. The third kappa shape index (κ3) is 2.66. The second-order valence-corrected chi connectivity index (χ2v) is 4.75. The summed E-state index contributed by atoms with van der Waals surface area (Å²) in [5, 5.41) is 10.2. The van der Waals surface area contributed by atoms with E-state index in [-0.39, 0.29) is 11.9 Å². The summed E-state index contributed by atoms with van der Waals surface area (Å²) in [6.07, 6.45) is 1.94. The third-order valence-electron chi connectivity index (χ3n) is 3.22. The Balaban J connectivity index is 2.02. The van der Waals surface area contributed by atoms with Gasteiger partial charge in [0.25, 0.3) is 5.91 Å². The molecule has 1 amide bonds. The van der Waals surface area contributed by atoms with Gasteiger partial charge in [-0.05, 0) is 40.2 Å². The molecule has 0 spiro atoms. The van der Waals surface area contributed by atoms with Crippen molar-refractivity contribution in [1.82, 2.24) is 15.8 Å². The zero-order valence-corrected chi connectivity index (χ0v) is 10.5. The van der Waals surface area contributed by atoms with Gasteiger partial charge in [0.15, 0.2) is 0 Å². The van der Waals surface area contributed by atoms with Crippen LogP contribution in [0, 0.1) is 13.8 Å². The number of nitrogens with zero attached hydrogens (tertiary/aromatic N) is 1. The zero-order valence-electron chi connectivity index (χ0n) is 10.5. The minimum Gasteiger partial charge on any atom is -0.361 e. The number of carbonyl (C=O) groups is 1. The molecule has 1 aromatic rings. The normalized spacial score (nSPS) is 24.6. The predicted octanol–water partition coefficient (Wildman–Crippen LogP) is 1.16. The Bertz CT molecular complexity index is 394. The first-order chi connectivity index (χ1) is 8.08. The van der Waals surface area contributed by atoms with Crippen molar-refractivity contribution in [3.8, 4) is 0 Å². The van der Waals surface area contributed by atoms with Crippen molar-refractivity contribution in [3.63, 3.8) is 0 Å². The summed E-state index contributed by atoms with van der Waals surface area (Å²) in [6.45, 7) is 6.64. The van der Waals surface area contributed by atoms with E-state index >= 15 is 0 Å². The molecule has 17 heavy (non-hydrogen) atoms. The molecule has 0 bridgehead atoms. The number of carbonyl (C=O) groups excluding carboxylic acids is 1. The van der Waals surface area contributed by atoms with Gasteiger partial charge in [-0.1, -0.05) is 5.16 Å². The van der Waals surface area contributed by atoms with Gasteiger partial charge in [0.2, 0.25) is 0 Å². The maximum Gasteiger partial charge on any atom is 0.257 e. The highest BCUT2D eigenvalue weighted by molar-refractivity contribution is 5.96. The Morgan fingerprint density at radius 2 is 2.29 bits per heavy atom. The van der Waals surface area contributed by atoms with Gasteiger partial charge in [-0.15, -0.1) is 0 Å². The average Bonchev–Trinajstić information content (AvgIpc) is 2.58. The van der Waals surface area contributed by atoms with Crippen LogP contribution in [0.25, 0.3) is 0 Å². The summed E-state index contributed by atoms with van der Waals surface area (Å²) in [4.78, 5) is 12.1. The molecule has 5 heteroatoms. The first kappa shape index (κ1) is 12.1. The van der Waals surface area contributed by atoms with Gasteiger partial charge < -0.3 is 15.2 Å². The van der Waals surface area contributed by atoms with Crippen molar-refractivity contribution in [3.05, 3.63) is 17.0 Å². The number of aryl methyl sites for hydroxylation is 2. The van der Waals surface area contributed by atoms with E-state index in [0.29, 0.717) is 23.1 Å². The van der Waals surface area contributed by atoms with Crippen molar-refractivity contribution in [2.75, 3.05) is 6.54 Å². The largest absolute Gasteiger partial charge is 0.361 e. The molecule has 5 nitrogen and oxygen atoms in total. The molecule has 1 saturated heterocycles. The number of hydrogen-bond donors (Lipinski definition) is 2. The Labute approximate surface area is 101 Å². The van der Waals surface area contributed by atoms with E-state index in [1.807, 2.05) is 0 Å². The molecule has 0 saturated carbocycles. The van der Waals surface area contributed by atoms with Crippen LogP contribution in [-0.2, 0) is 0 Å². The summed E-state index contributed by atoms with van der Waals surface area (Å²) >= 11 is 0. The van der Waals surface area contributed by atoms with Crippen LogP contribution in [0.3, 0.4) is 0 Å². The highest BCUT2D eigenvalue weighted by Gasteiger charge is 2.23. The fourth-order valence-corrected chi connectivity index (χ4v) is 2.33. The SMILES string of the molecule is Cc1noc(C)c1C(=O)NC1CCNC(C)C1. The fourth-order valence-electron chi connectivity index (χ4n) is 2.33. The third-order valence-corrected chi connectivity index (χ3v) is 3.22. The minimum absolute atomic E-state index is 0.0691. The van der Waals surface area contributed by atoms with Gasteiger partial charge >= 0.3 is 0 Å². The van der Waals surface area contributed by atoms with Crippen molar-refractivity contribution >= 4 is 5.91 Å². The van der Waals surface area contributed by atoms with E-state index in [9.17, 15) is 4.79 Å². The zero-order chi connectivity index (χ0) is 12.4. The molecule has 2 N–H and O–H groups in total. The highest BCUT2D eigenvalue weighted by Crippen LogP contribution is 2.14. The van der Waals surface area contributed by atoms with Crippen LogP contribution in [0.5, 0.6) is 0 Å². The van der Waals surface area contributed by atoms with Gasteiger partial charge in [-0.2, -0.15) is 0 Å². The maximum absolute atomic E-state index is 12.1. The number of amides is 1. The van der Waals surface area contributed by atoms with E-state index in [2.05, 4.69) is 22.7 Å². The van der Waals surface area contributed by atoms with Crippen LogP contribution in [0.4, 0.5) is 0 Å². The van der Waals surface area contributed by atoms with E-state index in [0.717, 1.165) is 19.4 Å². The molecular formula is C12H19N3O2. The molecule has 1 aromatic heterocycles. The van der Waals surface area contributed by atoms with Gasteiger partial charge in [0.05, 0.1) is 5.69 Å². The van der Waals surface area contributed by atoms with Crippen molar-refractivity contribution in [2.24, 2.45) is 0 Å². The maximum atomic E-state index is 12.1. The van der Waals surface area contributed by atoms with E-state index in [1.54, 1.807) is 13.8 Å². The van der Waals surface area contributed by atoms with Crippen LogP contribution < -0.4 is 10.6 Å². The summed E-state index contributed by atoms with van der Waals surface area (Å²) in [5.74, 6) is 0.516. The molecule has 94 valence electrons. The number of hydrogen-bond acceptors (Lipinski definition) is 4. The number of piperidine rings is 1. The van der Waals surface area contributed by atoms with Crippen molar-refractivity contribution < 1.29 is 9.32 Å². The summed E-state index contributed by atoms with van der Waals surface area (Å²) in [7, 11) is 0. The fraction of sp³-hybridized carbons (Fsp3) is 0.667. The molecule has 1 aliphatic heterocycles. The summed E-state index contributed by atoms with van der Waals surface area (Å²) in [5.41, 5.74) is 1.23. The lowest BCUT2D eigenvalue weighted by Gasteiger charge is -2.28. The second-order valence-electron chi connectivity index (χ2n) is 4.75. The monoisotopic (exact) mass is 237 g/mol. The van der Waals surface area contributed by atoms with Crippen LogP contribution in [0.15, 0.2) is 4.52 Å². The molecule has 0 aliphatic carbocycles. The van der Waals surface area contributed by atoms with E-state index < -0.39 is 0 Å². The standard InChI is InChI=1S/C12H19N3O2/c1-7-6-10(4-5-13-7)14-12(16)11-8(2)15-17-9(11)3/h7,10,13H,4-6H2,1-3H3,(H,14,16). The Hall–Kier alpha value is -1.36. The van der Waals surface area contributed by atoms with E-state index in [1.165, 1.54) is 0 Å². The van der Waals surface area contributed by atoms with Gasteiger partial charge in [0.1, 0.15) is 11.3 Å². The minimum atomic E-state index is -0.0691. The molecule has 0 aromatic carbocycles. The van der Waals surface area contributed by atoms with Crippen LogP contribution in [0.2, 0.25) is 0 Å². The quantitative estimate of drug-likeness (QED) is 0.810. The second kappa shape index (κ2) is 4.87. The molecule has 2 heterocycles. The van der Waals surface area contributed by atoms with Gasteiger partial charge in [-0.25, -0.2) is 0 Å². The first-order valence-electron chi connectivity index (χ1n) is 6.05. The molecule has 2 rings (SSSR count). The molecule has 2 atom stereocenters. The first-order valence-corrected chi connectivity index (χ1v) is 6.05. The van der Waals surface area contributed by atoms with Crippen LogP contribution in [-0.4, -0.2) is 29.7 Å². The average molecular weight is 237 g/mol. The predicted molar refractivity (Wildman–Crippen MR) is 63.9 cm³/mol. The highest BCUT2D eigenvalue weighted by atomic mass is 16.5. The van der Waals surface area contributed by atoms with Crippen molar-refractivity contribution in [1.29, 1.82) is 0 Å². The molecule has 0 radical (unpaired) electrons. The summed E-state index contributed by atoms with van der Waals surface area (Å²) < 4.78 is 5.00. The topological polar surface area (TPSA) is 67.2 Å². The lowest BCUT2D eigenvalue weighted by Crippen LogP contribution is -2.46. The lowest BCUT2D eigenvalue weighted by molar-refractivity contribution is 0.0923. The smallest absolute Gasteiger partial charge is 0.257 e. The van der Waals surface area contributed by atoms with Gasteiger partial charge in [0, 0.05) is 12.1 Å². The lowest BCUT2D eigenvalue weighted by atomic mass is 10.00.